The summed E-state index contributed by atoms with van der Waals surface area (Å²) < 4.78 is 4.54. The van der Waals surface area contributed by atoms with Crippen LogP contribution in [0.4, 0.5) is 0 Å². The van der Waals surface area contributed by atoms with Gasteiger partial charge in [0.15, 0.2) is 0 Å². The van der Waals surface area contributed by atoms with Crippen LogP contribution in [0.25, 0.3) is 0 Å². The topological polar surface area (TPSA) is 29.3 Å². The summed E-state index contributed by atoms with van der Waals surface area (Å²) in [6.45, 7) is 2.73. The maximum absolute atomic E-state index is 10.8. The SMILES string of the molecule is C/C=C\N1CC1C(=O)OC. The van der Waals surface area contributed by atoms with Crippen molar-refractivity contribution >= 4 is 5.97 Å². The molecule has 1 atom stereocenters. The van der Waals surface area contributed by atoms with Gasteiger partial charge in [-0.3, -0.25) is 0 Å². The molecule has 0 spiro atoms. The van der Waals surface area contributed by atoms with E-state index in [4.69, 9.17) is 0 Å². The van der Waals surface area contributed by atoms with Crippen LogP contribution < -0.4 is 0 Å². The van der Waals surface area contributed by atoms with Crippen molar-refractivity contribution in [3.8, 4) is 0 Å². The fourth-order valence-corrected chi connectivity index (χ4v) is 0.855. The van der Waals surface area contributed by atoms with Gasteiger partial charge in [-0.2, -0.15) is 0 Å². The molecule has 56 valence electrons. The molecule has 1 unspecified atom stereocenters. The van der Waals surface area contributed by atoms with Gasteiger partial charge in [0.1, 0.15) is 6.04 Å². The Labute approximate surface area is 60.3 Å². The van der Waals surface area contributed by atoms with Crippen molar-refractivity contribution in [2.24, 2.45) is 0 Å². The molecule has 3 nitrogen and oxygen atoms in total. The Morgan fingerprint density at radius 2 is 2.50 bits per heavy atom. The van der Waals surface area contributed by atoms with Crippen LogP contribution in [-0.4, -0.2) is 30.6 Å². The number of carbonyl (C=O) groups excluding carboxylic acids is 1. The summed E-state index contributed by atoms with van der Waals surface area (Å²) in [5.74, 6) is -0.141. The average Bonchev–Trinajstić information content (AvgIpc) is 2.67. The first kappa shape index (κ1) is 7.12. The Balaban J connectivity index is 2.31. The van der Waals surface area contributed by atoms with E-state index in [2.05, 4.69) is 4.74 Å². The van der Waals surface area contributed by atoms with Gasteiger partial charge in [-0.25, -0.2) is 4.79 Å². The van der Waals surface area contributed by atoms with E-state index in [1.165, 1.54) is 7.11 Å². The predicted molar refractivity (Wildman–Crippen MR) is 37.3 cm³/mol. The van der Waals surface area contributed by atoms with Gasteiger partial charge in [0.2, 0.25) is 0 Å². The number of rotatable bonds is 2. The molecule has 0 aromatic carbocycles. The molecule has 1 heterocycles. The summed E-state index contributed by atoms with van der Waals surface area (Å²) in [6.07, 6.45) is 3.80. The van der Waals surface area contributed by atoms with Crippen molar-refractivity contribution in [3.05, 3.63) is 12.3 Å². The van der Waals surface area contributed by atoms with Crippen molar-refractivity contribution in [2.75, 3.05) is 13.7 Å². The number of allylic oxidation sites excluding steroid dienone is 1. The van der Waals surface area contributed by atoms with Gasteiger partial charge in [-0.1, -0.05) is 6.08 Å². The smallest absolute Gasteiger partial charge is 0.330 e. The second-order valence-corrected chi connectivity index (χ2v) is 2.22. The van der Waals surface area contributed by atoms with Crippen LogP contribution in [0.1, 0.15) is 6.92 Å². The zero-order chi connectivity index (χ0) is 7.56. The zero-order valence-electron chi connectivity index (χ0n) is 6.20. The van der Waals surface area contributed by atoms with Gasteiger partial charge >= 0.3 is 5.97 Å². The van der Waals surface area contributed by atoms with Crippen molar-refractivity contribution in [2.45, 2.75) is 13.0 Å². The molecule has 10 heavy (non-hydrogen) atoms. The third-order valence-electron chi connectivity index (χ3n) is 1.46. The normalized spacial score (nSPS) is 23.4. The number of methoxy groups -OCH3 is 1. The number of carbonyl (C=O) groups is 1. The molecule has 0 radical (unpaired) electrons. The summed E-state index contributed by atoms with van der Waals surface area (Å²) in [5.41, 5.74) is 0. The molecule has 0 bridgehead atoms. The summed E-state index contributed by atoms with van der Waals surface area (Å²) in [7, 11) is 1.41. The van der Waals surface area contributed by atoms with Crippen LogP contribution in [0, 0.1) is 0 Å². The molecular formula is C7H11NO2. The molecular weight excluding hydrogens is 130 g/mol. The highest BCUT2D eigenvalue weighted by atomic mass is 16.5. The van der Waals surface area contributed by atoms with Crippen LogP contribution in [0.2, 0.25) is 0 Å². The number of nitrogens with zero attached hydrogens (tertiary/aromatic N) is 1. The van der Waals surface area contributed by atoms with Gasteiger partial charge in [0.05, 0.1) is 7.11 Å². The lowest BCUT2D eigenvalue weighted by atomic mass is 10.5. The second-order valence-electron chi connectivity index (χ2n) is 2.22. The van der Waals surface area contributed by atoms with Gasteiger partial charge in [-0.15, -0.1) is 0 Å². The van der Waals surface area contributed by atoms with E-state index in [0.29, 0.717) is 0 Å². The molecule has 3 heteroatoms. The first-order valence-electron chi connectivity index (χ1n) is 3.26. The highest BCUT2D eigenvalue weighted by Gasteiger charge is 2.38. The highest BCUT2D eigenvalue weighted by molar-refractivity contribution is 5.79. The quantitative estimate of drug-likeness (QED) is 0.411. The van der Waals surface area contributed by atoms with Crippen molar-refractivity contribution in [1.29, 1.82) is 0 Å². The maximum Gasteiger partial charge on any atom is 0.330 e. The predicted octanol–water partition coefficient (Wildman–Crippen LogP) is 0.377. The largest absolute Gasteiger partial charge is 0.467 e. The van der Waals surface area contributed by atoms with Crippen LogP contribution in [0.5, 0.6) is 0 Å². The molecule has 0 aliphatic carbocycles. The van der Waals surface area contributed by atoms with Gasteiger partial charge < -0.3 is 9.64 Å². The molecule has 1 aliphatic rings. The van der Waals surface area contributed by atoms with E-state index in [1.54, 1.807) is 0 Å². The van der Waals surface area contributed by atoms with Gasteiger partial charge in [0, 0.05) is 6.54 Å². The zero-order valence-corrected chi connectivity index (χ0v) is 6.20. The Hall–Kier alpha value is -0.990. The molecule has 0 aromatic heterocycles. The lowest BCUT2D eigenvalue weighted by Gasteiger charge is -1.95. The minimum absolute atomic E-state index is 0.0128. The lowest BCUT2D eigenvalue weighted by Crippen LogP contribution is -2.11. The molecule has 0 saturated carbocycles. The van der Waals surface area contributed by atoms with E-state index in [1.807, 2.05) is 24.1 Å². The van der Waals surface area contributed by atoms with E-state index >= 15 is 0 Å². The van der Waals surface area contributed by atoms with Gasteiger partial charge in [0.25, 0.3) is 0 Å². The molecule has 1 saturated heterocycles. The minimum Gasteiger partial charge on any atom is -0.467 e. The molecule has 1 rings (SSSR count). The second kappa shape index (κ2) is 2.73. The standard InChI is InChI=1S/C7H11NO2/c1-3-4-8-5-6(8)7(9)10-2/h3-4,6H,5H2,1-2H3/b4-3-. The first-order chi connectivity index (χ1) is 4.79. The van der Waals surface area contributed by atoms with Crippen LogP contribution in [0.3, 0.4) is 0 Å². The monoisotopic (exact) mass is 141 g/mol. The number of esters is 1. The Morgan fingerprint density at radius 1 is 1.80 bits per heavy atom. The maximum atomic E-state index is 10.8. The number of ether oxygens (including phenoxy) is 1. The highest BCUT2D eigenvalue weighted by Crippen LogP contribution is 2.18. The van der Waals surface area contributed by atoms with Crippen LogP contribution in [-0.2, 0) is 9.53 Å². The third-order valence-corrected chi connectivity index (χ3v) is 1.46. The Bertz CT molecular complexity index is 165. The molecule has 0 amide bonds. The summed E-state index contributed by atoms with van der Waals surface area (Å²) in [5, 5.41) is 0. The van der Waals surface area contributed by atoms with Crippen LogP contribution >= 0.6 is 0 Å². The van der Waals surface area contributed by atoms with Crippen molar-refractivity contribution in [1.82, 2.24) is 4.90 Å². The molecule has 0 N–H and O–H groups in total. The Kier molecular flexibility index (Phi) is 1.94. The minimum atomic E-state index is -0.141. The molecule has 1 aliphatic heterocycles. The average molecular weight is 141 g/mol. The summed E-state index contributed by atoms with van der Waals surface area (Å²) >= 11 is 0. The molecule has 1 fully saturated rings. The van der Waals surface area contributed by atoms with E-state index in [0.717, 1.165) is 6.54 Å². The van der Waals surface area contributed by atoms with E-state index in [9.17, 15) is 4.79 Å². The summed E-state index contributed by atoms with van der Waals surface area (Å²) in [4.78, 5) is 12.7. The number of hydrogen-bond acceptors (Lipinski definition) is 3. The lowest BCUT2D eigenvalue weighted by molar-refractivity contribution is -0.140. The van der Waals surface area contributed by atoms with Crippen molar-refractivity contribution < 1.29 is 9.53 Å². The van der Waals surface area contributed by atoms with Crippen molar-refractivity contribution in [3.63, 3.8) is 0 Å². The fourth-order valence-electron chi connectivity index (χ4n) is 0.855. The van der Waals surface area contributed by atoms with Crippen LogP contribution in [0.15, 0.2) is 12.3 Å². The third kappa shape index (κ3) is 1.29. The van der Waals surface area contributed by atoms with E-state index < -0.39 is 0 Å². The number of hydrogen-bond donors (Lipinski definition) is 0. The fraction of sp³-hybridized carbons (Fsp3) is 0.571. The first-order valence-corrected chi connectivity index (χ1v) is 3.26. The Morgan fingerprint density at radius 3 is 3.00 bits per heavy atom. The molecule has 0 aromatic rings. The van der Waals surface area contributed by atoms with E-state index in [-0.39, 0.29) is 12.0 Å². The van der Waals surface area contributed by atoms with Gasteiger partial charge in [-0.05, 0) is 13.1 Å². The summed E-state index contributed by atoms with van der Waals surface area (Å²) in [6, 6.07) is -0.0128.